The average Bonchev–Trinajstić information content (AvgIpc) is 3.22. The molecule has 2 heterocycles. The van der Waals surface area contributed by atoms with Crippen LogP contribution < -0.4 is 15.5 Å². The second-order valence-corrected chi connectivity index (χ2v) is 8.09. The zero-order valence-electron chi connectivity index (χ0n) is 18.2. The van der Waals surface area contributed by atoms with Crippen molar-refractivity contribution >= 4 is 28.9 Å². The molecule has 8 nitrogen and oxygen atoms in total. The molecule has 1 aromatic heterocycles. The number of benzene rings is 2. The first-order valence-corrected chi connectivity index (χ1v) is 10.6. The van der Waals surface area contributed by atoms with Crippen LogP contribution in [-0.2, 0) is 7.05 Å². The molecule has 3 N–H and O–H groups in total. The summed E-state index contributed by atoms with van der Waals surface area (Å²) in [5, 5.41) is 15.4. The number of anilines is 3. The number of aryl methyl sites for hydroxylation is 2. The highest BCUT2D eigenvalue weighted by atomic mass is 16.3. The van der Waals surface area contributed by atoms with Gasteiger partial charge in [-0.1, -0.05) is 6.07 Å². The van der Waals surface area contributed by atoms with Gasteiger partial charge in [0.05, 0.1) is 18.6 Å². The fraction of sp³-hybridized carbons (Fsp3) is 0.292. The summed E-state index contributed by atoms with van der Waals surface area (Å²) < 4.78 is 1.64. The predicted molar refractivity (Wildman–Crippen MR) is 124 cm³/mol. The van der Waals surface area contributed by atoms with Crippen LogP contribution in [0, 0.1) is 6.92 Å². The molecule has 0 atom stereocenters. The van der Waals surface area contributed by atoms with Gasteiger partial charge in [0.25, 0.3) is 11.8 Å². The van der Waals surface area contributed by atoms with Gasteiger partial charge in [0, 0.05) is 42.8 Å². The summed E-state index contributed by atoms with van der Waals surface area (Å²) in [6, 6.07) is 12.9. The Morgan fingerprint density at radius 1 is 1.03 bits per heavy atom. The maximum Gasteiger partial charge on any atom is 0.273 e. The first-order valence-electron chi connectivity index (χ1n) is 10.6. The Balaban J connectivity index is 1.42. The summed E-state index contributed by atoms with van der Waals surface area (Å²) in [6.07, 6.45) is 4.39. The van der Waals surface area contributed by atoms with Crippen LogP contribution in [0.4, 0.5) is 17.1 Å². The number of carbonyl (C=O) groups is 2. The smallest absolute Gasteiger partial charge is 0.273 e. The van der Waals surface area contributed by atoms with E-state index in [2.05, 4.69) is 20.5 Å². The lowest BCUT2D eigenvalue weighted by Gasteiger charge is -2.31. The van der Waals surface area contributed by atoms with Crippen LogP contribution >= 0.6 is 0 Å². The third-order valence-electron chi connectivity index (χ3n) is 5.75. The van der Waals surface area contributed by atoms with Gasteiger partial charge in [-0.15, -0.1) is 0 Å². The number of hydrogen-bond donors (Lipinski definition) is 3. The number of imidazole rings is 1. The topological polar surface area (TPSA) is 99.5 Å². The molecular formula is C24H27N5O3. The summed E-state index contributed by atoms with van der Waals surface area (Å²) in [5.41, 5.74) is 4.08. The highest BCUT2D eigenvalue weighted by molar-refractivity contribution is 6.07. The summed E-state index contributed by atoms with van der Waals surface area (Å²) in [5.74, 6) is -0.540. The van der Waals surface area contributed by atoms with E-state index >= 15 is 0 Å². The van der Waals surface area contributed by atoms with Crippen LogP contribution in [0.3, 0.4) is 0 Å². The highest BCUT2D eigenvalue weighted by Crippen LogP contribution is 2.23. The van der Waals surface area contributed by atoms with Crippen molar-refractivity contribution in [3.05, 3.63) is 71.8 Å². The van der Waals surface area contributed by atoms with E-state index in [1.54, 1.807) is 30.1 Å². The standard InChI is InChI=1S/C24H27N5O3/c1-16-3-4-17(13-21(16)27-24(32)22-14-25-15-28(22)2)23(31)26-18-5-7-19(8-6-18)29-11-9-20(30)10-12-29/h3-8,13-15,20,30H,9-12H2,1-2H3,(H,26,31)(H,27,32). The van der Waals surface area contributed by atoms with E-state index in [1.807, 2.05) is 37.3 Å². The second-order valence-electron chi connectivity index (χ2n) is 8.09. The van der Waals surface area contributed by atoms with Gasteiger partial charge in [0.15, 0.2) is 0 Å². The molecule has 0 spiro atoms. The van der Waals surface area contributed by atoms with E-state index in [0.29, 0.717) is 22.6 Å². The lowest BCUT2D eigenvalue weighted by atomic mass is 10.1. The number of rotatable bonds is 5. The maximum absolute atomic E-state index is 12.8. The molecule has 8 heteroatoms. The Bertz CT molecular complexity index is 1110. The van der Waals surface area contributed by atoms with E-state index in [1.165, 1.54) is 6.20 Å². The highest BCUT2D eigenvalue weighted by Gasteiger charge is 2.17. The molecule has 2 amide bonds. The van der Waals surface area contributed by atoms with Crippen molar-refractivity contribution in [2.24, 2.45) is 7.05 Å². The number of amides is 2. The minimum absolute atomic E-state index is 0.210. The molecule has 2 aromatic carbocycles. The van der Waals surface area contributed by atoms with Gasteiger partial charge >= 0.3 is 0 Å². The molecule has 0 aliphatic carbocycles. The van der Waals surface area contributed by atoms with Gasteiger partial charge in [-0.2, -0.15) is 0 Å². The fourth-order valence-corrected chi connectivity index (χ4v) is 3.74. The Morgan fingerprint density at radius 2 is 1.75 bits per heavy atom. The molecule has 0 radical (unpaired) electrons. The Hall–Kier alpha value is -3.65. The lowest BCUT2D eigenvalue weighted by molar-refractivity contribution is 0.101. The summed E-state index contributed by atoms with van der Waals surface area (Å²) in [4.78, 5) is 31.5. The van der Waals surface area contributed by atoms with Gasteiger partial charge in [0.2, 0.25) is 0 Å². The lowest BCUT2D eigenvalue weighted by Crippen LogP contribution is -2.35. The van der Waals surface area contributed by atoms with Crippen LogP contribution in [0.25, 0.3) is 0 Å². The molecule has 166 valence electrons. The molecule has 0 bridgehead atoms. The van der Waals surface area contributed by atoms with Gasteiger partial charge < -0.3 is 25.2 Å². The number of nitrogens with one attached hydrogen (secondary N) is 2. The quantitative estimate of drug-likeness (QED) is 0.574. The van der Waals surface area contributed by atoms with Crippen molar-refractivity contribution < 1.29 is 14.7 Å². The molecule has 3 aromatic rings. The zero-order chi connectivity index (χ0) is 22.7. The summed E-state index contributed by atoms with van der Waals surface area (Å²) >= 11 is 0. The third-order valence-corrected chi connectivity index (χ3v) is 5.75. The monoisotopic (exact) mass is 433 g/mol. The van der Waals surface area contributed by atoms with E-state index in [9.17, 15) is 14.7 Å². The first kappa shape index (κ1) is 21.6. The summed E-state index contributed by atoms with van der Waals surface area (Å²) in [7, 11) is 1.75. The number of aliphatic hydroxyl groups excluding tert-OH is 1. The first-order chi connectivity index (χ1) is 15.4. The summed E-state index contributed by atoms with van der Waals surface area (Å²) in [6.45, 7) is 3.52. The maximum atomic E-state index is 12.8. The van der Waals surface area contributed by atoms with E-state index in [-0.39, 0.29) is 17.9 Å². The van der Waals surface area contributed by atoms with Crippen molar-refractivity contribution in [2.75, 3.05) is 28.6 Å². The van der Waals surface area contributed by atoms with Crippen LogP contribution in [0.15, 0.2) is 55.0 Å². The molecular weight excluding hydrogens is 406 g/mol. The number of carbonyl (C=O) groups excluding carboxylic acids is 2. The van der Waals surface area contributed by atoms with Crippen LogP contribution in [0.5, 0.6) is 0 Å². The average molecular weight is 434 g/mol. The van der Waals surface area contributed by atoms with Crippen molar-refractivity contribution in [2.45, 2.75) is 25.9 Å². The molecule has 32 heavy (non-hydrogen) atoms. The molecule has 4 rings (SSSR count). The zero-order valence-corrected chi connectivity index (χ0v) is 18.2. The van der Waals surface area contributed by atoms with Gasteiger partial charge in [-0.05, 0) is 61.7 Å². The van der Waals surface area contributed by atoms with Gasteiger partial charge in [0.1, 0.15) is 5.69 Å². The van der Waals surface area contributed by atoms with Crippen LogP contribution in [0.1, 0.15) is 39.3 Å². The minimum Gasteiger partial charge on any atom is -0.393 e. The van der Waals surface area contributed by atoms with Crippen molar-refractivity contribution in [3.63, 3.8) is 0 Å². The third kappa shape index (κ3) is 4.81. The number of hydrogen-bond acceptors (Lipinski definition) is 5. The van der Waals surface area contributed by atoms with E-state index < -0.39 is 0 Å². The van der Waals surface area contributed by atoms with Crippen molar-refractivity contribution in [1.82, 2.24) is 9.55 Å². The van der Waals surface area contributed by atoms with Crippen molar-refractivity contribution in [1.29, 1.82) is 0 Å². The molecule has 1 aliphatic rings. The molecule has 1 saturated heterocycles. The Labute approximate surface area is 186 Å². The van der Waals surface area contributed by atoms with E-state index in [4.69, 9.17) is 0 Å². The SMILES string of the molecule is Cc1ccc(C(=O)Nc2ccc(N3CCC(O)CC3)cc2)cc1NC(=O)c1cncn1C. The molecule has 1 fully saturated rings. The fourth-order valence-electron chi connectivity index (χ4n) is 3.74. The Morgan fingerprint density at radius 3 is 2.41 bits per heavy atom. The molecule has 1 aliphatic heterocycles. The van der Waals surface area contributed by atoms with Gasteiger partial charge in [-0.3, -0.25) is 9.59 Å². The molecule has 0 saturated carbocycles. The van der Waals surface area contributed by atoms with Gasteiger partial charge in [-0.25, -0.2) is 4.98 Å². The number of piperidine rings is 1. The van der Waals surface area contributed by atoms with Crippen LogP contribution in [0.2, 0.25) is 0 Å². The molecule has 0 unspecified atom stereocenters. The largest absolute Gasteiger partial charge is 0.393 e. The van der Waals surface area contributed by atoms with E-state index in [0.717, 1.165) is 37.2 Å². The number of nitrogens with zero attached hydrogens (tertiary/aromatic N) is 3. The van der Waals surface area contributed by atoms with Crippen molar-refractivity contribution in [3.8, 4) is 0 Å². The minimum atomic E-state index is -0.286. The Kier molecular flexibility index (Phi) is 6.23. The number of aliphatic hydroxyl groups is 1. The predicted octanol–water partition coefficient (Wildman–Crippen LogP) is 3.19. The normalized spacial score (nSPS) is 14.3. The number of aromatic nitrogens is 2. The van der Waals surface area contributed by atoms with Crippen LogP contribution in [-0.4, -0.2) is 45.7 Å². The second kappa shape index (κ2) is 9.23.